The Morgan fingerprint density at radius 3 is 2.32 bits per heavy atom. The highest BCUT2D eigenvalue weighted by molar-refractivity contribution is 5.80. The van der Waals surface area contributed by atoms with E-state index < -0.39 is 0 Å². The van der Waals surface area contributed by atoms with Crippen LogP contribution in [0, 0.1) is 0 Å². The number of carbonyl (C=O) groups excluding carboxylic acids is 1. The fourth-order valence-corrected chi connectivity index (χ4v) is 1.96. The Hall–Kier alpha value is -1.46. The van der Waals surface area contributed by atoms with Crippen molar-refractivity contribution in [1.29, 1.82) is 0 Å². The monoisotopic (exact) mass is 270 g/mol. The topological polar surface area (TPSA) is 57.2 Å². The number of amides is 1. The molecule has 0 spiro atoms. The van der Waals surface area contributed by atoms with Gasteiger partial charge in [-0.15, -0.1) is 0 Å². The molecule has 1 N–H and O–H groups in total. The molecule has 6 heteroatoms. The summed E-state index contributed by atoms with van der Waals surface area (Å²) in [6.07, 6.45) is 0.829. The summed E-state index contributed by atoms with van der Waals surface area (Å²) in [5, 5.41) is 3.30. The first-order chi connectivity index (χ1) is 9.22. The molecule has 0 bridgehead atoms. The molecule has 0 aromatic carbocycles. The Morgan fingerprint density at radius 2 is 1.79 bits per heavy atom. The van der Waals surface area contributed by atoms with Crippen LogP contribution in [0.15, 0.2) is 4.99 Å². The van der Waals surface area contributed by atoms with E-state index in [0.717, 1.165) is 38.6 Å². The first-order valence-electron chi connectivity index (χ1n) is 7.17. The van der Waals surface area contributed by atoms with Crippen molar-refractivity contribution in [3.8, 4) is 0 Å². The molecule has 0 aliphatic carbocycles. The largest absolute Gasteiger partial charge is 0.450 e. The van der Waals surface area contributed by atoms with E-state index in [-0.39, 0.29) is 6.09 Å². The van der Waals surface area contributed by atoms with Crippen LogP contribution in [0.3, 0.4) is 0 Å². The lowest BCUT2D eigenvalue weighted by Gasteiger charge is -2.35. The average Bonchev–Trinajstić information content (AvgIpc) is 2.44. The van der Waals surface area contributed by atoms with Gasteiger partial charge in [0.25, 0.3) is 0 Å². The quantitative estimate of drug-likeness (QED) is 0.615. The van der Waals surface area contributed by atoms with E-state index in [1.165, 1.54) is 0 Å². The third kappa shape index (κ3) is 4.96. The molecule has 6 nitrogen and oxygen atoms in total. The number of ether oxygens (including phenoxy) is 1. The Kier molecular flexibility index (Phi) is 7.07. The Labute approximate surface area is 115 Å². The molecule has 0 aromatic heterocycles. The first kappa shape index (κ1) is 15.6. The van der Waals surface area contributed by atoms with Crippen LogP contribution in [0.5, 0.6) is 0 Å². The van der Waals surface area contributed by atoms with Crippen molar-refractivity contribution in [2.75, 3.05) is 45.9 Å². The highest BCUT2D eigenvalue weighted by atomic mass is 16.6. The van der Waals surface area contributed by atoms with Crippen LogP contribution in [0.2, 0.25) is 0 Å². The van der Waals surface area contributed by atoms with Gasteiger partial charge in [-0.3, -0.25) is 4.99 Å². The molecular weight excluding hydrogens is 244 g/mol. The van der Waals surface area contributed by atoms with Gasteiger partial charge in [0.15, 0.2) is 5.96 Å². The minimum Gasteiger partial charge on any atom is -0.450 e. The molecule has 1 fully saturated rings. The fourth-order valence-electron chi connectivity index (χ4n) is 1.96. The molecule has 1 amide bonds. The predicted octanol–water partition coefficient (Wildman–Crippen LogP) is 1.14. The first-order valence-corrected chi connectivity index (χ1v) is 7.17. The van der Waals surface area contributed by atoms with Crippen molar-refractivity contribution in [2.24, 2.45) is 4.99 Å². The molecule has 1 heterocycles. The van der Waals surface area contributed by atoms with Crippen molar-refractivity contribution < 1.29 is 9.53 Å². The van der Waals surface area contributed by atoms with Gasteiger partial charge in [0.2, 0.25) is 0 Å². The van der Waals surface area contributed by atoms with Crippen LogP contribution in [-0.4, -0.2) is 67.7 Å². The molecular formula is C13H26N4O2. The summed E-state index contributed by atoms with van der Waals surface area (Å²) in [4.78, 5) is 20.1. The molecule has 19 heavy (non-hydrogen) atoms. The Balaban J connectivity index is 2.48. The SMILES string of the molecule is CCCN=C(NCC)N1CCN(C(=O)OCC)CC1. The van der Waals surface area contributed by atoms with Crippen LogP contribution < -0.4 is 5.32 Å². The van der Waals surface area contributed by atoms with Crippen LogP contribution in [0.25, 0.3) is 0 Å². The zero-order chi connectivity index (χ0) is 14.1. The lowest BCUT2D eigenvalue weighted by molar-refractivity contribution is 0.0914. The highest BCUT2D eigenvalue weighted by Gasteiger charge is 2.23. The van der Waals surface area contributed by atoms with Gasteiger partial charge in [-0.2, -0.15) is 0 Å². The van der Waals surface area contributed by atoms with Gasteiger partial charge in [0, 0.05) is 39.3 Å². The van der Waals surface area contributed by atoms with Crippen molar-refractivity contribution in [2.45, 2.75) is 27.2 Å². The molecule has 1 aliphatic heterocycles. The van der Waals surface area contributed by atoms with Crippen LogP contribution in [0.4, 0.5) is 4.79 Å². The summed E-state index contributed by atoms with van der Waals surface area (Å²) in [7, 11) is 0. The number of rotatable bonds is 4. The molecule has 0 radical (unpaired) electrons. The number of hydrogen-bond acceptors (Lipinski definition) is 3. The van der Waals surface area contributed by atoms with Crippen LogP contribution in [0.1, 0.15) is 27.2 Å². The third-order valence-electron chi connectivity index (χ3n) is 2.93. The standard InChI is InChI=1S/C13H26N4O2/c1-4-7-15-12(14-5-2)16-8-10-17(11-9-16)13(18)19-6-3/h4-11H2,1-3H3,(H,14,15). The molecule has 0 unspecified atom stereocenters. The molecule has 1 rings (SSSR count). The van der Waals surface area contributed by atoms with E-state index in [1.54, 1.807) is 4.90 Å². The number of hydrogen-bond donors (Lipinski definition) is 1. The van der Waals surface area contributed by atoms with Crippen molar-refractivity contribution in [3.05, 3.63) is 0 Å². The molecule has 0 aromatic rings. The van der Waals surface area contributed by atoms with E-state index in [1.807, 2.05) is 6.92 Å². The van der Waals surface area contributed by atoms with Gasteiger partial charge in [0.05, 0.1) is 6.61 Å². The summed E-state index contributed by atoms with van der Waals surface area (Å²) in [5.41, 5.74) is 0. The molecule has 1 saturated heterocycles. The number of nitrogens with one attached hydrogen (secondary N) is 1. The van der Waals surface area contributed by atoms with Gasteiger partial charge in [-0.25, -0.2) is 4.79 Å². The highest BCUT2D eigenvalue weighted by Crippen LogP contribution is 2.04. The Bertz CT molecular complexity index is 299. The number of nitrogens with zero attached hydrogens (tertiary/aromatic N) is 3. The van der Waals surface area contributed by atoms with Gasteiger partial charge < -0.3 is 19.9 Å². The summed E-state index contributed by atoms with van der Waals surface area (Å²) in [5.74, 6) is 0.952. The number of carbonyl (C=O) groups is 1. The second kappa shape index (κ2) is 8.61. The van der Waals surface area contributed by atoms with E-state index in [9.17, 15) is 4.79 Å². The lowest BCUT2D eigenvalue weighted by atomic mass is 10.3. The minimum absolute atomic E-state index is 0.211. The smallest absolute Gasteiger partial charge is 0.409 e. The normalized spacial score (nSPS) is 16.5. The summed E-state index contributed by atoms with van der Waals surface area (Å²) in [6, 6.07) is 0. The number of piperazine rings is 1. The second-order valence-electron chi connectivity index (χ2n) is 4.41. The van der Waals surface area contributed by atoms with E-state index >= 15 is 0 Å². The van der Waals surface area contributed by atoms with Crippen LogP contribution in [-0.2, 0) is 4.74 Å². The number of aliphatic imine (C=N–C) groups is 1. The molecule has 0 saturated carbocycles. The molecule has 0 atom stereocenters. The molecule has 1 aliphatic rings. The maximum absolute atomic E-state index is 11.6. The van der Waals surface area contributed by atoms with Gasteiger partial charge >= 0.3 is 6.09 Å². The van der Waals surface area contributed by atoms with E-state index in [0.29, 0.717) is 19.7 Å². The van der Waals surface area contributed by atoms with Gasteiger partial charge in [0.1, 0.15) is 0 Å². The maximum Gasteiger partial charge on any atom is 0.409 e. The zero-order valence-corrected chi connectivity index (χ0v) is 12.3. The van der Waals surface area contributed by atoms with Crippen molar-refractivity contribution >= 4 is 12.1 Å². The summed E-state index contributed by atoms with van der Waals surface area (Å²) >= 11 is 0. The minimum atomic E-state index is -0.211. The maximum atomic E-state index is 11.6. The molecule has 110 valence electrons. The second-order valence-corrected chi connectivity index (χ2v) is 4.41. The van der Waals surface area contributed by atoms with Gasteiger partial charge in [-0.1, -0.05) is 6.92 Å². The zero-order valence-electron chi connectivity index (χ0n) is 12.3. The van der Waals surface area contributed by atoms with E-state index in [2.05, 4.69) is 29.1 Å². The predicted molar refractivity (Wildman–Crippen MR) is 76.4 cm³/mol. The average molecular weight is 270 g/mol. The van der Waals surface area contributed by atoms with Crippen molar-refractivity contribution in [3.63, 3.8) is 0 Å². The summed E-state index contributed by atoms with van der Waals surface area (Å²) in [6.45, 7) is 11.1. The van der Waals surface area contributed by atoms with Gasteiger partial charge in [-0.05, 0) is 20.3 Å². The van der Waals surface area contributed by atoms with E-state index in [4.69, 9.17) is 4.74 Å². The van der Waals surface area contributed by atoms with Crippen molar-refractivity contribution in [1.82, 2.24) is 15.1 Å². The Morgan fingerprint density at radius 1 is 1.16 bits per heavy atom. The third-order valence-corrected chi connectivity index (χ3v) is 2.93. The number of guanidine groups is 1. The summed E-state index contributed by atoms with van der Waals surface area (Å²) < 4.78 is 5.01. The fraction of sp³-hybridized carbons (Fsp3) is 0.846. The lowest BCUT2D eigenvalue weighted by Crippen LogP contribution is -2.53. The van der Waals surface area contributed by atoms with Crippen LogP contribution >= 0.6 is 0 Å².